The summed E-state index contributed by atoms with van der Waals surface area (Å²) in [7, 11) is 0. The van der Waals surface area contributed by atoms with Crippen molar-refractivity contribution in [3.8, 4) is 11.5 Å². The van der Waals surface area contributed by atoms with Gasteiger partial charge in [-0.05, 0) is 59.7 Å². The molecule has 0 radical (unpaired) electrons. The van der Waals surface area contributed by atoms with Crippen LogP contribution in [0, 0.1) is 5.82 Å². The lowest BCUT2D eigenvalue weighted by atomic mass is 10.0. The van der Waals surface area contributed by atoms with Gasteiger partial charge in [-0.3, -0.25) is 4.79 Å². The van der Waals surface area contributed by atoms with Gasteiger partial charge >= 0.3 is 0 Å². The Labute approximate surface area is 212 Å². The minimum absolute atomic E-state index is 0.249. The van der Waals surface area contributed by atoms with E-state index >= 15 is 0 Å². The Morgan fingerprint density at radius 2 is 1.77 bits per heavy atom. The molecule has 0 aromatic heterocycles. The van der Waals surface area contributed by atoms with E-state index in [-0.39, 0.29) is 12.4 Å². The van der Waals surface area contributed by atoms with Gasteiger partial charge in [-0.25, -0.2) is 9.82 Å². The number of carbonyl (C=O) groups excluding carboxylic acids is 1. The van der Waals surface area contributed by atoms with Crippen LogP contribution >= 0.6 is 23.2 Å². The van der Waals surface area contributed by atoms with Gasteiger partial charge in [-0.2, -0.15) is 5.10 Å². The molecule has 0 unspecified atom stereocenters. The third kappa shape index (κ3) is 6.29. The number of hydrazone groups is 1. The van der Waals surface area contributed by atoms with E-state index in [0.717, 1.165) is 16.3 Å². The fraction of sp³-hybridized carbons (Fsp3) is 0.111. The van der Waals surface area contributed by atoms with Gasteiger partial charge in [0.15, 0.2) is 6.10 Å². The van der Waals surface area contributed by atoms with Crippen molar-refractivity contribution >= 4 is 46.1 Å². The molecule has 4 aromatic rings. The Kier molecular flexibility index (Phi) is 7.85. The first-order valence-corrected chi connectivity index (χ1v) is 11.5. The van der Waals surface area contributed by atoms with E-state index in [0.29, 0.717) is 27.1 Å². The SMILES string of the molecule is C[C@@H](Oc1ccc(Cl)cc1Cl)C(=O)N/N=C\c1c(OCc2ccc(F)cc2)ccc2ccccc12. The molecule has 4 rings (SSSR count). The van der Waals surface area contributed by atoms with Crippen LogP contribution in [0.2, 0.25) is 10.0 Å². The number of carbonyl (C=O) groups is 1. The smallest absolute Gasteiger partial charge is 0.280 e. The molecule has 0 heterocycles. The summed E-state index contributed by atoms with van der Waals surface area (Å²) in [5, 5.41) is 6.80. The van der Waals surface area contributed by atoms with Crippen LogP contribution in [0.3, 0.4) is 0 Å². The van der Waals surface area contributed by atoms with Crippen LogP contribution in [0.4, 0.5) is 4.39 Å². The summed E-state index contributed by atoms with van der Waals surface area (Å²) in [5.74, 6) is 0.150. The fourth-order valence-electron chi connectivity index (χ4n) is 3.34. The van der Waals surface area contributed by atoms with Gasteiger partial charge in [-0.15, -0.1) is 0 Å². The molecule has 0 aliphatic rings. The number of fused-ring (bicyclic) bond motifs is 1. The molecule has 0 aliphatic heterocycles. The summed E-state index contributed by atoms with van der Waals surface area (Å²) in [6.45, 7) is 1.84. The number of halogens is 3. The van der Waals surface area contributed by atoms with E-state index in [1.807, 2.05) is 36.4 Å². The van der Waals surface area contributed by atoms with E-state index < -0.39 is 12.0 Å². The van der Waals surface area contributed by atoms with E-state index in [1.165, 1.54) is 24.4 Å². The lowest BCUT2D eigenvalue weighted by Gasteiger charge is -2.14. The predicted molar refractivity (Wildman–Crippen MR) is 137 cm³/mol. The van der Waals surface area contributed by atoms with Gasteiger partial charge in [0.1, 0.15) is 23.9 Å². The number of hydrogen-bond acceptors (Lipinski definition) is 4. The summed E-state index contributed by atoms with van der Waals surface area (Å²) < 4.78 is 24.8. The number of amides is 1. The molecule has 1 atom stereocenters. The van der Waals surface area contributed by atoms with Crippen molar-refractivity contribution in [1.82, 2.24) is 5.43 Å². The van der Waals surface area contributed by atoms with Crippen molar-refractivity contribution in [1.29, 1.82) is 0 Å². The number of ether oxygens (including phenoxy) is 2. The molecule has 4 aromatic carbocycles. The highest BCUT2D eigenvalue weighted by atomic mass is 35.5. The Bertz CT molecular complexity index is 1380. The van der Waals surface area contributed by atoms with E-state index in [1.54, 1.807) is 31.2 Å². The second-order valence-electron chi connectivity index (χ2n) is 7.68. The number of nitrogens with one attached hydrogen (secondary N) is 1. The first-order valence-electron chi connectivity index (χ1n) is 10.7. The van der Waals surface area contributed by atoms with Crippen molar-refractivity contribution in [2.45, 2.75) is 19.6 Å². The zero-order valence-corrected chi connectivity index (χ0v) is 20.2. The Morgan fingerprint density at radius 3 is 2.54 bits per heavy atom. The Balaban J connectivity index is 1.49. The number of rotatable bonds is 8. The van der Waals surface area contributed by atoms with E-state index in [2.05, 4.69) is 10.5 Å². The van der Waals surface area contributed by atoms with Gasteiger partial charge < -0.3 is 9.47 Å². The van der Waals surface area contributed by atoms with Crippen LogP contribution in [0.15, 0.2) is 84.0 Å². The van der Waals surface area contributed by atoms with Crippen LogP contribution in [0.5, 0.6) is 11.5 Å². The monoisotopic (exact) mass is 510 g/mol. The van der Waals surface area contributed by atoms with Crippen LogP contribution in [0.25, 0.3) is 10.8 Å². The lowest BCUT2D eigenvalue weighted by Crippen LogP contribution is -2.33. The molecule has 1 amide bonds. The predicted octanol–water partition coefficient (Wildman–Crippen LogP) is 6.78. The number of nitrogens with zero attached hydrogens (tertiary/aromatic N) is 1. The van der Waals surface area contributed by atoms with Gasteiger partial charge in [-0.1, -0.05) is 65.7 Å². The summed E-state index contributed by atoms with van der Waals surface area (Å²) in [4.78, 5) is 12.5. The largest absolute Gasteiger partial charge is 0.488 e. The molecule has 0 fully saturated rings. The Hall–Kier alpha value is -3.61. The number of benzene rings is 4. The average Bonchev–Trinajstić information content (AvgIpc) is 2.85. The molecule has 178 valence electrons. The molecule has 0 saturated carbocycles. The normalized spacial score (nSPS) is 12.0. The molecule has 1 N–H and O–H groups in total. The highest BCUT2D eigenvalue weighted by Crippen LogP contribution is 2.29. The topological polar surface area (TPSA) is 59.9 Å². The molecule has 35 heavy (non-hydrogen) atoms. The van der Waals surface area contributed by atoms with Gasteiger partial charge in [0, 0.05) is 10.6 Å². The van der Waals surface area contributed by atoms with Crippen LogP contribution in [-0.4, -0.2) is 18.2 Å². The van der Waals surface area contributed by atoms with Crippen LogP contribution in [-0.2, 0) is 11.4 Å². The van der Waals surface area contributed by atoms with Crippen molar-refractivity contribution in [2.24, 2.45) is 5.10 Å². The first kappa shape index (κ1) is 24.5. The molecule has 5 nitrogen and oxygen atoms in total. The standard InChI is InChI=1S/C27H21Cl2FN2O3/c1-17(35-26-13-9-20(28)14-24(26)29)27(33)32-31-15-23-22-5-3-2-4-19(22)8-12-25(23)34-16-18-6-10-21(30)11-7-18/h2-15,17H,16H2,1H3,(H,32,33)/b31-15-/t17-/m1/s1. The van der Waals surface area contributed by atoms with Crippen molar-refractivity contribution in [3.05, 3.63) is 106 Å². The molecule has 0 bridgehead atoms. The summed E-state index contributed by atoms with van der Waals surface area (Å²) in [5.41, 5.74) is 4.01. The fourth-order valence-corrected chi connectivity index (χ4v) is 3.80. The molecule has 0 saturated heterocycles. The van der Waals surface area contributed by atoms with Gasteiger partial charge in [0.25, 0.3) is 5.91 Å². The molecule has 0 aliphatic carbocycles. The van der Waals surface area contributed by atoms with Gasteiger partial charge in [0.05, 0.1) is 11.2 Å². The number of hydrogen-bond donors (Lipinski definition) is 1. The molecular weight excluding hydrogens is 490 g/mol. The quantitative estimate of drug-likeness (QED) is 0.210. The van der Waals surface area contributed by atoms with Crippen LogP contribution in [0.1, 0.15) is 18.1 Å². The zero-order chi connectivity index (χ0) is 24.8. The van der Waals surface area contributed by atoms with Crippen molar-refractivity contribution < 1.29 is 18.7 Å². The third-order valence-corrected chi connectivity index (χ3v) is 5.70. The summed E-state index contributed by atoms with van der Waals surface area (Å²) >= 11 is 12.0. The highest BCUT2D eigenvalue weighted by Gasteiger charge is 2.16. The summed E-state index contributed by atoms with van der Waals surface area (Å²) in [6, 6.07) is 22.4. The second kappa shape index (κ2) is 11.2. The van der Waals surface area contributed by atoms with Crippen LogP contribution < -0.4 is 14.9 Å². The first-order chi connectivity index (χ1) is 16.9. The van der Waals surface area contributed by atoms with Crippen molar-refractivity contribution in [3.63, 3.8) is 0 Å². The minimum Gasteiger partial charge on any atom is -0.488 e. The third-order valence-electron chi connectivity index (χ3n) is 5.17. The lowest BCUT2D eigenvalue weighted by molar-refractivity contribution is -0.127. The Morgan fingerprint density at radius 1 is 1.03 bits per heavy atom. The molecule has 8 heteroatoms. The van der Waals surface area contributed by atoms with E-state index in [9.17, 15) is 9.18 Å². The molecule has 0 spiro atoms. The second-order valence-corrected chi connectivity index (χ2v) is 8.53. The van der Waals surface area contributed by atoms with E-state index in [4.69, 9.17) is 32.7 Å². The van der Waals surface area contributed by atoms with Gasteiger partial charge in [0.2, 0.25) is 0 Å². The summed E-state index contributed by atoms with van der Waals surface area (Å²) in [6.07, 6.45) is 0.676. The highest BCUT2D eigenvalue weighted by molar-refractivity contribution is 6.35. The van der Waals surface area contributed by atoms with Crippen molar-refractivity contribution in [2.75, 3.05) is 0 Å². The zero-order valence-electron chi connectivity index (χ0n) is 18.7. The average molecular weight is 511 g/mol. The maximum Gasteiger partial charge on any atom is 0.280 e. The maximum atomic E-state index is 13.2. The maximum absolute atomic E-state index is 13.2. The minimum atomic E-state index is -0.854. The molecular formula is C27H21Cl2FN2O3.